The van der Waals surface area contributed by atoms with Crippen molar-refractivity contribution in [2.45, 2.75) is 32.8 Å². The van der Waals surface area contributed by atoms with Crippen LogP contribution in [0.3, 0.4) is 0 Å². The zero-order chi connectivity index (χ0) is 11.1. The van der Waals surface area contributed by atoms with E-state index in [1.807, 2.05) is 5.38 Å². The Morgan fingerprint density at radius 2 is 2.20 bits per heavy atom. The fourth-order valence-corrected chi connectivity index (χ4v) is 2.22. The third-order valence-electron chi connectivity index (χ3n) is 2.57. The molecule has 1 atom stereocenters. The van der Waals surface area contributed by atoms with Crippen molar-refractivity contribution in [3.05, 3.63) is 16.6 Å². The Balaban J connectivity index is 2.21. The van der Waals surface area contributed by atoms with Crippen LogP contribution >= 0.6 is 11.3 Å². The van der Waals surface area contributed by atoms with Gasteiger partial charge >= 0.3 is 0 Å². The van der Waals surface area contributed by atoms with Crippen LogP contribution in [0.2, 0.25) is 0 Å². The van der Waals surface area contributed by atoms with E-state index in [0.717, 1.165) is 31.1 Å². The second kappa shape index (κ2) is 6.93. The Kier molecular flexibility index (Phi) is 5.83. The van der Waals surface area contributed by atoms with Crippen molar-refractivity contribution in [1.82, 2.24) is 9.88 Å². The molecule has 86 valence electrons. The maximum Gasteiger partial charge on any atom is 0.0950 e. The number of rotatable bonds is 7. The lowest BCUT2D eigenvalue weighted by Gasteiger charge is -2.19. The third-order valence-corrected chi connectivity index (χ3v) is 3.37. The van der Waals surface area contributed by atoms with Gasteiger partial charge in [-0.25, -0.2) is 4.98 Å². The molecule has 0 spiro atoms. The van der Waals surface area contributed by atoms with E-state index < -0.39 is 0 Å². The highest BCUT2D eigenvalue weighted by Gasteiger charge is 2.09. The molecule has 1 heterocycles. The molecule has 0 saturated heterocycles. The van der Waals surface area contributed by atoms with Gasteiger partial charge in [-0.05, 0) is 19.5 Å². The zero-order valence-corrected chi connectivity index (χ0v) is 10.3. The summed E-state index contributed by atoms with van der Waals surface area (Å²) < 4.78 is 0. The summed E-state index contributed by atoms with van der Waals surface area (Å²) in [5, 5.41) is 12.8. The lowest BCUT2D eigenvalue weighted by molar-refractivity contribution is 0.143. The summed E-state index contributed by atoms with van der Waals surface area (Å²) in [4.78, 5) is 6.49. The molecule has 0 aliphatic carbocycles. The molecule has 15 heavy (non-hydrogen) atoms. The van der Waals surface area contributed by atoms with Crippen LogP contribution in [0.5, 0.6) is 0 Å². The molecule has 1 unspecified atom stereocenters. The van der Waals surface area contributed by atoms with Crippen LogP contribution in [0, 0.1) is 0 Å². The van der Waals surface area contributed by atoms with Gasteiger partial charge in [0.25, 0.3) is 0 Å². The van der Waals surface area contributed by atoms with E-state index in [-0.39, 0.29) is 6.10 Å². The molecular weight excluding hydrogens is 208 g/mol. The minimum absolute atomic E-state index is 0.253. The molecule has 3 nitrogen and oxygen atoms in total. The van der Waals surface area contributed by atoms with E-state index in [2.05, 4.69) is 23.7 Å². The van der Waals surface area contributed by atoms with Gasteiger partial charge in [0.05, 0.1) is 11.1 Å². The minimum Gasteiger partial charge on any atom is -0.393 e. The summed E-state index contributed by atoms with van der Waals surface area (Å²) in [5.74, 6) is 0. The Labute approximate surface area is 95.8 Å². The Morgan fingerprint density at radius 1 is 1.47 bits per heavy atom. The van der Waals surface area contributed by atoms with E-state index in [4.69, 9.17) is 0 Å². The first-order chi connectivity index (χ1) is 7.26. The first-order valence-electron chi connectivity index (χ1n) is 5.55. The van der Waals surface area contributed by atoms with E-state index in [0.29, 0.717) is 6.42 Å². The van der Waals surface area contributed by atoms with Gasteiger partial charge in [0.15, 0.2) is 0 Å². The lowest BCUT2D eigenvalue weighted by atomic mass is 10.2. The van der Waals surface area contributed by atoms with Gasteiger partial charge in [-0.1, -0.05) is 13.8 Å². The molecular formula is C11H20N2OS. The summed E-state index contributed by atoms with van der Waals surface area (Å²) >= 11 is 1.61. The average Bonchev–Trinajstić information content (AvgIpc) is 2.72. The maximum absolute atomic E-state index is 9.80. The molecule has 1 N–H and O–H groups in total. The molecule has 0 saturated carbocycles. The van der Waals surface area contributed by atoms with Gasteiger partial charge in [0.1, 0.15) is 0 Å². The fraction of sp³-hybridized carbons (Fsp3) is 0.727. The Hall–Kier alpha value is -0.450. The molecule has 0 bridgehead atoms. The zero-order valence-electron chi connectivity index (χ0n) is 9.52. The van der Waals surface area contributed by atoms with Crippen LogP contribution in [0.15, 0.2) is 11.6 Å². The molecule has 0 aromatic carbocycles. The number of nitrogens with zero attached hydrogens (tertiary/aromatic N) is 2. The van der Waals surface area contributed by atoms with Crippen molar-refractivity contribution in [3.8, 4) is 0 Å². The van der Waals surface area contributed by atoms with Gasteiger partial charge in [-0.15, -0.1) is 11.3 Å². The van der Waals surface area contributed by atoms with Gasteiger partial charge in [-0.2, -0.15) is 0 Å². The molecule has 1 aromatic heterocycles. The normalized spacial score (nSPS) is 13.3. The molecule has 0 radical (unpaired) electrons. The predicted octanol–water partition coefficient (Wildman–Crippen LogP) is 1.78. The van der Waals surface area contributed by atoms with E-state index in [1.165, 1.54) is 0 Å². The maximum atomic E-state index is 9.80. The second-order valence-corrected chi connectivity index (χ2v) is 4.58. The summed E-state index contributed by atoms with van der Waals surface area (Å²) in [6.45, 7) is 7.38. The number of aliphatic hydroxyl groups is 1. The van der Waals surface area contributed by atoms with Crippen LogP contribution < -0.4 is 0 Å². The second-order valence-electron chi connectivity index (χ2n) is 3.60. The molecule has 0 aliphatic heterocycles. The van der Waals surface area contributed by atoms with Gasteiger partial charge in [0, 0.05) is 24.5 Å². The van der Waals surface area contributed by atoms with E-state index >= 15 is 0 Å². The van der Waals surface area contributed by atoms with Crippen molar-refractivity contribution in [2.24, 2.45) is 0 Å². The smallest absolute Gasteiger partial charge is 0.0950 e. The van der Waals surface area contributed by atoms with E-state index in [9.17, 15) is 5.11 Å². The van der Waals surface area contributed by atoms with Crippen LogP contribution in [0.4, 0.5) is 0 Å². The summed E-state index contributed by atoms with van der Waals surface area (Å²) in [5.41, 5.74) is 0. The first-order valence-corrected chi connectivity index (χ1v) is 6.43. The van der Waals surface area contributed by atoms with Gasteiger partial charge in [-0.3, -0.25) is 0 Å². The fourth-order valence-electron chi connectivity index (χ4n) is 1.53. The molecule has 1 rings (SSSR count). The highest BCUT2D eigenvalue weighted by molar-refractivity contribution is 7.09. The van der Waals surface area contributed by atoms with Crippen molar-refractivity contribution in [3.63, 3.8) is 0 Å². The van der Waals surface area contributed by atoms with Crippen molar-refractivity contribution in [2.75, 3.05) is 19.6 Å². The van der Waals surface area contributed by atoms with E-state index in [1.54, 1.807) is 17.5 Å². The Bertz CT molecular complexity index is 247. The number of hydrogen-bond acceptors (Lipinski definition) is 4. The highest BCUT2D eigenvalue weighted by atomic mass is 32.1. The predicted molar refractivity (Wildman–Crippen MR) is 64.2 cm³/mol. The lowest BCUT2D eigenvalue weighted by Crippen LogP contribution is -2.27. The van der Waals surface area contributed by atoms with Crippen molar-refractivity contribution < 1.29 is 5.11 Å². The van der Waals surface area contributed by atoms with Gasteiger partial charge in [0.2, 0.25) is 0 Å². The van der Waals surface area contributed by atoms with Gasteiger partial charge < -0.3 is 10.0 Å². The number of hydrogen-bond donors (Lipinski definition) is 1. The van der Waals surface area contributed by atoms with Crippen LogP contribution in [-0.4, -0.2) is 40.7 Å². The summed E-state index contributed by atoms with van der Waals surface area (Å²) in [6.07, 6.45) is 3.06. The average molecular weight is 228 g/mol. The third kappa shape index (κ3) is 4.73. The highest BCUT2D eigenvalue weighted by Crippen LogP contribution is 2.09. The van der Waals surface area contributed by atoms with Crippen molar-refractivity contribution in [1.29, 1.82) is 0 Å². The first kappa shape index (κ1) is 12.6. The largest absolute Gasteiger partial charge is 0.393 e. The summed E-state index contributed by atoms with van der Waals surface area (Å²) in [7, 11) is 0. The Morgan fingerprint density at radius 3 is 2.73 bits per heavy atom. The summed E-state index contributed by atoms with van der Waals surface area (Å²) in [6, 6.07) is 0. The van der Waals surface area contributed by atoms with Crippen LogP contribution in [0.25, 0.3) is 0 Å². The number of aromatic nitrogens is 1. The standard InChI is InChI=1S/C11H20N2OS/c1-3-13(4-2)7-5-10(14)9-11-12-6-8-15-11/h6,8,10,14H,3-5,7,9H2,1-2H3. The molecule has 1 aromatic rings. The molecule has 0 amide bonds. The number of aliphatic hydroxyl groups excluding tert-OH is 1. The van der Waals surface area contributed by atoms with Crippen LogP contribution in [-0.2, 0) is 6.42 Å². The monoisotopic (exact) mass is 228 g/mol. The number of thiazole rings is 1. The molecule has 4 heteroatoms. The minimum atomic E-state index is -0.253. The molecule has 0 aliphatic rings. The van der Waals surface area contributed by atoms with Crippen LogP contribution in [0.1, 0.15) is 25.3 Å². The molecule has 0 fully saturated rings. The quantitative estimate of drug-likeness (QED) is 0.773. The SMILES string of the molecule is CCN(CC)CCC(O)Cc1nccs1. The van der Waals surface area contributed by atoms with Crippen molar-refractivity contribution >= 4 is 11.3 Å². The topological polar surface area (TPSA) is 36.4 Å².